The summed E-state index contributed by atoms with van der Waals surface area (Å²) in [6.45, 7) is 4.46. The summed E-state index contributed by atoms with van der Waals surface area (Å²) in [4.78, 5) is 0. The molecule has 56 valence electrons. The van der Waals surface area contributed by atoms with Crippen LogP contribution >= 0.6 is 23.5 Å². The molecular formula is C7H16S2. The monoisotopic (exact) mass is 164 g/mol. The maximum atomic E-state index is 2.24. The molecule has 0 saturated carbocycles. The summed E-state index contributed by atoms with van der Waals surface area (Å²) in [6, 6.07) is 0. The van der Waals surface area contributed by atoms with Crippen molar-refractivity contribution in [1.82, 2.24) is 0 Å². The summed E-state index contributed by atoms with van der Waals surface area (Å²) in [5.74, 6) is 2.61. The van der Waals surface area contributed by atoms with Crippen molar-refractivity contribution in [3.63, 3.8) is 0 Å². The van der Waals surface area contributed by atoms with Gasteiger partial charge >= 0.3 is 0 Å². The maximum Gasteiger partial charge on any atom is 0.0391 e. The molecule has 0 nitrogen and oxygen atoms in total. The van der Waals surface area contributed by atoms with Gasteiger partial charge in [0.2, 0.25) is 0 Å². The summed E-state index contributed by atoms with van der Waals surface area (Å²) in [5, 5.41) is 1.29. The maximum absolute atomic E-state index is 2.24. The van der Waals surface area contributed by atoms with Crippen molar-refractivity contribution in [2.45, 2.75) is 26.7 Å². The highest BCUT2D eigenvalue weighted by atomic mass is 32.2. The van der Waals surface area contributed by atoms with Crippen LogP contribution in [0.2, 0.25) is 0 Å². The minimum atomic E-state index is 1.26. The highest BCUT2D eigenvalue weighted by molar-refractivity contribution is 8.15. The Morgan fingerprint density at radius 2 is 1.89 bits per heavy atom. The molecule has 0 aromatic carbocycles. The first-order valence-corrected chi connectivity index (χ1v) is 5.88. The molecule has 0 unspecified atom stereocenters. The lowest BCUT2D eigenvalue weighted by molar-refractivity contribution is 0.897. The van der Waals surface area contributed by atoms with Crippen molar-refractivity contribution in [2.75, 3.05) is 16.6 Å². The molecule has 0 rings (SSSR count). The van der Waals surface area contributed by atoms with Crippen LogP contribution in [0.3, 0.4) is 0 Å². The molecule has 0 spiro atoms. The van der Waals surface area contributed by atoms with Gasteiger partial charge in [-0.3, -0.25) is 0 Å². The minimum absolute atomic E-state index is 1.26. The van der Waals surface area contributed by atoms with E-state index in [4.69, 9.17) is 0 Å². The van der Waals surface area contributed by atoms with Gasteiger partial charge in [-0.15, -0.1) is 0 Å². The zero-order chi connectivity index (χ0) is 6.95. The van der Waals surface area contributed by atoms with Gasteiger partial charge in [-0.25, -0.2) is 0 Å². The van der Waals surface area contributed by atoms with Gasteiger partial charge < -0.3 is 0 Å². The third kappa shape index (κ3) is 8.70. The summed E-state index contributed by atoms with van der Waals surface area (Å²) in [6.07, 6.45) is 2.72. The molecule has 0 aliphatic rings. The predicted molar refractivity (Wildman–Crippen MR) is 50.4 cm³/mol. The number of hydrogen-bond donors (Lipinski definition) is 0. The normalized spacial score (nSPS) is 10.0. The third-order valence-corrected chi connectivity index (χ3v) is 3.33. The molecule has 0 bridgehead atoms. The average Bonchev–Trinajstić information content (AvgIpc) is 1.89. The Kier molecular flexibility index (Phi) is 9.38. The Balaban J connectivity index is 2.60. The van der Waals surface area contributed by atoms with E-state index < -0.39 is 0 Å². The number of unbranched alkanes of at least 4 members (excludes halogenated alkanes) is 1. The van der Waals surface area contributed by atoms with E-state index in [2.05, 4.69) is 25.6 Å². The fourth-order valence-electron chi connectivity index (χ4n) is 0.448. The molecule has 0 saturated heterocycles. The van der Waals surface area contributed by atoms with Crippen LogP contribution in [0.4, 0.5) is 0 Å². The predicted octanol–water partition coefficient (Wildman–Crippen LogP) is 3.23. The van der Waals surface area contributed by atoms with Crippen LogP contribution in [0, 0.1) is 0 Å². The van der Waals surface area contributed by atoms with Crippen LogP contribution in [0.25, 0.3) is 0 Å². The Morgan fingerprint density at radius 1 is 1.11 bits per heavy atom. The zero-order valence-corrected chi connectivity index (χ0v) is 7.99. The Labute approximate surface area is 67.2 Å². The van der Waals surface area contributed by atoms with Crippen LogP contribution in [0.5, 0.6) is 0 Å². The highest BCUT2D eigenvalue weighted by Gasteiger charge is 1.85. The second kappa shape index (κ2) is 8.70. The lowest BCUT2D eigenvalue weighted by atomic mass is 10.4. The first-order valence-electron chi connectivity index (χ1n) is 3.57. The molecule has 0 atom stereocenters. The lowest BCUT2D eigenvalue weighted by Gasteiger charge is -1.96. The molecule has 0 radical (unpaired) electrons. The Morgan fingerprint density at radius 3 is 2.44 bits per heavy atom. The number of rotatable bonds is 6. The second-order valence-electron chi connectivity index (χ2n) is 1.87. The summed E-state index contributed by atoms with van der Waals surface area (Å²) >= 11 is 4.09. The zero-order valence-electron chi connectivity index (χ0n) is 6.35. The minimum Gasteiger partial charge on any atom is -0.151 e. The fourth-order valence-corrected chi connectivity index (χ4v) is 2.55. The van der Waals surface area contributed by atoms with Crippen LogP contribution in [0.15, 0.2) is 0 Å². The molecule has 9 heavy (non-hydrogen) atoms. The Hall–Kier alpha value is 0.700. The summed E-state index contributed by atoms with van der Waals surface area (Å²) in [5.41, 5.74) is 0. The molecule has 0 aliphatic heterocycles. The molecule has 0 fully saturated rings. The largest absolute Gasteiger partial charge is 0.151 e. The molecule has 0 heterocycles. The van der Waals surface area contributed by atoms with E-state index in [-0.39, 0.29) is 0 Å². The van der Waals surface area contributed by atoms with Gasteiger partial charge in [-0.1, -0.05) is 20.3 Å². The van der Waals surface area contributed by atoms with Crippen LogP contribution in [-0.4, -0.2) is 16.6 Å². The topological polar surface area (TPSA) is 0 Å². The van der Waals surface area contributed by atoms with Crippen LogP contribution in [0.1, 0.15) is 26.7 Å². The van der Waals surface area contributed by atoms with Gasteiger partial charge in [0.05, 0.1) is 0 Å². The average molecular weight is 164 g/mol. The standard InChI is InChI=1S/C7H16S2/c1-3-5-6-9-7-8-4-2/h3-7H2,1-2H3. The third-order valence-electron chi connectivity index (χ3n) is 1.01. The SMILES string of the molecule is CCCCSCSCC. The quantitative estimate of drug-likeness (QED) is 0.437. The van der Waals surface area contributed by atoms with Gasteiger partial charge in [0.15, 0.2) is 0 Å². The molecule has 0 aromatic heterocycles. The molecule has 0 aromatic rings. The van der Waals surface area contributed by atoms with E-state index in [1.807, 2.05) is 11.8 Å². The molecule has 0 aliphatic carbocycles. The number of thioether (sulfide) groups is 2. The van der Waals surface area contributed by atoms with E-state index in [9.17, 15) is 0 Å². The van der Waals surface area contributed by atoms with Gasteiger partial charge in [-0.2, -0.15) is 23.5 Å². The smallest absolute Gasteiger partial charge is 0.0391 e. The van der Waals surface area contributed by atoms with Crippen molar-refractivity contribution in [3.8, 4) is 0 Å². The van der Waals surface area contributed by atoms with E-state index in [0.29, 0.717) is 0 Å². The highest BCUT2D eigenvalue weighted by Crippen LogP contribution is 2.12. The van der Waals surface area contributed by atoms with Crippen molar-refractivity contribution >= 4 is 23.5 Å². The lowest BCUT2D eigenvalue weighted by Crippen LogP contribution is -1.78. The second-order valence-corrected chi connectivity index (χ2v) is 4.62. The van der Waals surface area contributed by atoms with Crippen LogP contribution < -0.4 is 0 Å². The van der Waals surface area contributed by atoms with E-state index in [1.165, 1.54) is 29.4 Å². The first kappa shape index (κ1) is 9.70. The van der Waals surface area contributed by atoms with Gasteiger partial charge in [0.1, 0.15) is 0 Å². The Bertz CT molecular complexity index is 40.2. The molecule has 0 N–H and O–H groups in total. The van der Waals surface area contributed by atoms with E-state index in [0.717, 1.165) is 0 Å². The van der Waals surface area contributed by atoms with Crippen molar-refractivity contribution < 1.29 is 0 Å². The molecule has 0 amide bonds. The molecule has 2 heteroatoms. The first-order chi connectivity index (χ1) is 4.41. The van der Waals surface area contributed by atoms with Gasteiger partial charge in [0, 0.05) is 5.08 Å². The fraction of sp³-hybridized carbons (Fsp3) is 1.00. The van der Waals surface area contributed by atoms with Crippen molar-refractivity contribution in [3.05, 3.63) is 0 Å². The van der Waals surface area contributed by atoms with Crippen molar-refractivity contribution in [2.24, 2.45) is 0 Å². The van der Waals surface area contributed by atoms with Crippen molar-refractivity contribution in [1.29, 1.82) is 0 Å². The van der Waals surface area contributed by atoms with Gasteiger partial charge in [-0.05, 0) is 17.9 Å². The van der Waals surface area contributed by atoms with E-state index >= 15 is 0 Å². The molecular weight excluding hydrogens is 148 g/mol. The number of hydrogen-bond acceptors (Lipinski definition) is 2. The van der Waals surface area contributed by atoms with Gasteiger partial charge in [0.25, 0.3) is 0 Å². The van der Waals surface area contributed by atoms with E-state index in [1.54, 1.807) is 0 Å². The summed E-state index contributed by atoms with van der Waals surface area (Å²) in [7, 11) is 0. The summed E-state index contributed by atoms with van der Waals surface area (Å²) < 4.78 is 0. The van der Waals surface area contributed by atoms with Crippen LogP contribution in [-0.2, 0) is 0 Å².